The number of methoxy groups -OCH3 is 1. The van der Waals surface area contributed by atoms with Crippen LogP contribution in [0.1, 0.15) is 34.8 Å². The van der Waals surface area contributed by atoms with Crippen LogP contribution in [0, 0.1) is 6.92 Å². The third kappa shape index (κ3) is 3.95. The molecule has 2 aromatic rings. The molecule has 2 rings (SSSR count). The smallest absolute Gasteiger partial charge is 0.271 e. The minimum atomic E-state index is -0.205. The number of carbonyl (C=O) groups is 1. The van der Waals surface area contributed by atoms with Gasteiger partial charge in [-0.05, 0) is 55.3 Å². The molecular weight excluding hydrogens is 276 g/mol. The summed E-state index contributed by atoms with van der Waals surface area (Å²) in [7, 11) is 1.63. The van der Waals surface area contributed by atoms with Crippen LogP contribution in [0.4, 0.5) is 0 Å². The number of hydrogen-bond donors (Lipinski definition) is 1. The first-order valence-electron chi connectivity index (χ1n) is 7.22. The Morgan fingerprint density at radius 2 is 1.86 bits per heavy atom. The van der Waals surface area contributed by atoms with Crippen molar-refractivity contribution in [3.05, 3.63) is 65.2 Å². The molecule has 0 radical (unpaired) electrons. The average molecular weight is 296 g/mol. The number of ether oxygens (including phenoxy) is 1. The number of hydrazone groups is 1. The molecule has 0 aliphatic rings. The van der Waals surface area contributed by atoms with E-state index in [1.165, 1.54) is 0 Å². The fourth-order valence-electron chi connectivity index (χ4n) is 2.10. The number of nitrogens with one attached hydrogen (secondary N) is 1. The monoisotopic (exact) mass is 296 g/mol. The molecule has 0 saturated carbocycles. The quantitative estimate of drug-likeness (QED) is 0.677. The van der Waals surface area contributed by atoms with Gasteiger partial charge in [-0.25, -0.2) is 5.43 Å². The molecule has 0 bridgehead atoms. The van der Waals surface area contributed by atoms with Gasteiger partial charge in [-0.3, -0.25) is 4.79 Å². The molecule has 0 unspecified atom stereocenters. The fourth-order valence-corrected chi connectivity index (χ4v) is 2.10. The van der Waals surface area contributed by atoms with Gasteiger partial charge in [-0.1, -0.05) is 24.6 Å². The van der Waals surface area contributed by atoms with E-state index in [-0.39, 0.29) is 5.91 Å². The number of benzene rings is 2. The highest BCUT2D eigenvalue weighted by atomic mass is 16.5. The van der Waals surface area contributed by atoms with Crippen LogP contribution in [0.2, 0.25) is 0 Å². The summed E-state index contributed by atoms with van der Waals surface area (Å²) in [5, 5.41) is 4.25. The summed E-state index contributed by atoms with van der Waals surface area (Å²) in [4.78, 5) is 12.1. The van der Waals surface area contributed by atoms with E-state index in [1.54, 1.807) is 13.2 Å². The van der Waals surface area contributed by atoms with Crippen molar-refractivity contribution in [2.45, 2.75) is 20.3 Å². The van der Waals surface area contributed by atoms with Crippen LogP contribution in [0.15, 0.2) is 53.6 Å². The highest BCUT2D eigenvalue weighted by molar-refractivity contribution is 6.02. The van der Waals surface area contributed by atoms with Gasteiger partial charge in [0.2, 0.25) is 0 Å². The zero-order valence-electron chi connectivity index (χ0n) is 13.1. The standard InChI is InChI=1S/C18H20N2O2/c1-4-17(14-8-10-16(22-3)11-9-14)19-20-18(21)15-7-5-6-13(2)12-15/h5-12H,4H2,1-3H3,(H,20,21)/b19-17+. The van der Waals surface area contributed by atoms with E-state index in [1.807, 2.05) is 56.3 Å². The maximum Gasteiger partial charge on any atom is 0.271 e. The predicted molar refractivity (Wildman–Crippen MR) is 88.5 cm³/mol. The minimum absolute atomic E-state index is 0.205. The number of rotatable bonds is 5. The second kappa shape index (κ2) is 7.41. The molecule has 114 valence electrons. The van der Waals surface area contributed by atoms with Crippen molar-refractivity contribution in [3.63, 3.8) is 0 Å². The maximum absolute atomic E-state index is 12.1. The summed E-state index contributed by atoms with van der Waals surface area (Å²) < 4.78 is 5.14. The summed E-state index contributed by atoms with van der Waals surface area (Å²) in [5.74, 6) is 0.589. The van der Waals surface area contributed by atoms with E-state index in [4.69, 9.17) is 4.74 Å². The molecule has 1 N–H and O–H groups in total. The summed E-state index contributed by atoms with van der Waals surface area (Å²) in [6.07, 6.45) is 0.723. The number of nitrogens with zero attached hydrogens (tertiary/aromatic N) is 1. The van der Waals surface area contributed by atoms with Gasteiger partial charge < -0.3 is 4.74 Å². The summed E-state index contributed by atoms with van der Waals surface area (Å²) in [6, 6.07) is 15.0. The predicted octanol–water partition coefficient (Wildman–Crippen LogP) is 3.55. The Morgan fingerprint density at radius 3 is 2.45 bits per heavy atom. The third-order valence-corrected chi connectivity index (χ3v) is 3.33. The Morgan fingerprint density at radius 1 is 1.14 bits per heavy atom. The zero-order chi connectivity index (χ0) is 15.9. The van der Waals surface area contributed by atoms with Crippen LogP contribution in [0.3, 0.4) is 0 Å². The van der Waals surface area contributed by atoms with E-state index in [0.717, 1.165) is 29.0 Å². The maximum atomic E-state index is 12.1. The van der Waals surface area contributed by atoms with Crippen molar-refractivity contribution in [1.29, 1.82) is 0 Å². The summed E-state index contributed by atoms with van der Waals surface area (Å²) in [6.45, 7) is 3.96. The number of amides is 1. The van der Waals surface area contributed by atoms with Crippen LogP contribution in [0.25, 0.3) is 0 Å². The second-order valence-electron chi connectivity index (χ2n) is 4.95. The Bertz CT molecular complexity index is 676. The van der Waals surface area contributed by atoms with Crippen LogP contribution in [-0.2, 0) is 0 Å². The Balaban J connectivity index is 2.13. The molecule has 0 aliphatic carbocycles. The van der Waals surface area contributed by atoms with Gasteiger partial charge in [-0.15, -0.1) is 0 Å². The first kappa shape index (κ1) is 15.8. The summed E-state index contributed by atoms with van der Waals surface area (Å²) >= 11 is 0. The van der Waals surface area contributed by atoms with Crippen molar-refractivity contribution < 1.29 is 9.53 Å². The second-order valence-corrected chi connectivity index (χ2v) is 4.95. The number of hydrogen-bond acceptors (Lipinski definition) is 3. The lowest BCUT2D eigenvalue weighted by Gasteiger charge is -2.07. The van der Waals surface area contributed by atoms with Gasteiger partial charge in [0, 0.05) is 5.56 Å². The van der Waals surface area contributed by atoms with Gasteiger partial charge in [0.25, 0.3) is 5.91 Å². The van der Waals surface area contributed by atoms with E-state index < -0.39 is 0 Å². The van der Waals surface area contributed by atoms with Crippen molar-refractivity contribution in [3.8, 4) is 5.75 Å². The van der Waals surface area contributed by atoms with E-state index in [2.05, 4.69) is 10.5 Å². The molecule has 0 spiro atoms. The molecule has 0 aliphatic heterocycles. The lowest BCUT2D eigenvalue weighted by Crippen LogP contribution is -2.20. The molecule has 4 heteroatoms. The number of carbonyl (C=O) groups excluding carboxylic acids is 1. The first-order valence-corrected chi connectivity index (χ1v) is 7.22. The molecule has 4 nitrogen and oxygen atoms in total. The van der Waals surface area contributed by atoms with Gasteiger partial charge in [0.05, 0.1) is 12.8 Å². The number of aryl methyl sites for hydroxylation is 1. The Hall–Kier alpha value is -2.62. The minimum Gasteiger partial charge on any atom is -0.497 e. The van der Waals surface area contributed by atoms with Gasteiger partial charge in [-0.2, -0.15) is 5.10 Å². The first-order chi connectivity index (χ1) is 10.6. The third-order valence-electron chi connectivity index (χ3n) is 3.33. The highest BCUT2D eigenvalue weighted by Gasteiger charge is 2.06. The fraction of sp³-hybridized carbons (Fsp3) is 0.222. The van der Waals surface area contributed by atoms with Crippen molar-refractivity contribution in [2.24, 2.45) is 5.10 Å². The molecular formula is C18H20N2O2. The molecule has 1 amide bonds. The van der Waals surface area contributed by atoms with Crippen LogP contribution < -0.4 is 10.2 Å². The molecule has 0 heterocycles. The zero-order valence-corrected chi connectivity index (χ0v) is 13.1. The molecule has 0 fully saturated rings. The van der Waals surface area contributed by atoms with E-state index >= 15 is 0 Å². The molecule has 2 aromatic carbocycles. The van der Waals surface area contributed by atoms with Crippen LogP contribution in [-0.4, -0.2) is 18.7 Å². The van der Waals surface area contributed by atoms with Crippen LogP contribution in [0.5, 0.6) is 5.75 Å². The van der Waals surface area contributed by atoms with Crippen molar-refractivity contribution >= 4 is 11.6 Å². The largest absolute Gasteiger partial charge is 0.497 e. The normalized spacial score (nSPS) is 11.1. The van der Waals surface area contributed by atoms with Gasteiger partial charge in [0.1, 0.15) is 5.75 Å². The van der Waals surface area contributed by atoms with E-state index in [9.17, 15) is 4.79 Å². The Labute approximate surface area is 130 Å². The molecule has 22 heavy (non-hydrogen) atoms. The molecule has 0 atom stereocenters. The Kier molecular flexibility index (Phi) is 5.31. The lowest BCUT2D eigenvalue weighted by atomic mass is 10.1. The highest BCUT2D eigenvalue weighted by Crippen LogP contribution is 2.13. The molecule has 0 aromatic heterocycles. The lowest BCUT2D eigenvalue weighted by molar-refractivity contribution is 0.0954. The SMILES string of the molecule is CC/C(=N\NC(=O)c1cccc(C)c1)c1ccc(OC)cc1. The van der Waals surface area contributed by atoms with Crippen molar-refractivity contribution in [1.82, 2.24) is 5.43 Å². The molecule has 0 saturated heterocycles. The van der Waals surface area contributed by atoms with Gasteiger partial charge in [0.15, 0.2) is 0 Å². The topological polar surface area (TPSA) is 50.7 Å². The summed E-state index contributed by atoms with van der Waals surface area (Å²) in [5.41, 5.74) is 6.06. The average Bonchev–Trinajstić information content (AvgIpc) is 2.55. The van der Waals surface area contributed by atoms with Crippen LogP contribution >= 0.6 is 0 Å². The van der Waals surface area contributed by atoms with E-state index in [0.29, 0.717) is 5.56 Å². The van der Waals surface area contributed by atoms with Crippen molar-refractivity contribution in [2.75, 3.05) is 7.11 Å². The van der Waals surface area contributed by atoms with Gasteiger partial charge >= 0.3 is 0 Å².